The van der Waals surface area contributed by atoms with Crippen LogP contribution in [0.5, 0.6) is 0 Å². The van der Waals surface area contributed by atoms with E-state index < -0.39 is 0 Å². The van der Waals surface area contributed by atoms with Gasteiger partial charge in [0.1, 0.15) is 0 Å². The molecule has 1 aromatic rings. The van der Waals surface area contributed by atoms with Crippen LogP contribution in [0.3, 0.4) is 0 Å². The number of hydrogen-bond donors (Lipinski definition) is 0. The molecule has 0 atom stereocenters. The van der Waals surface area contributed by atoms with Gasteiger partial charge in [0.15, 0.2) is 0 Å². The standard InChI is InChI=1S/C12H17/c1-9(2)7-12-6-5-10(3)11(4)8-12/h5-6,8H,7H2,1-4H3/q-1. The van der Waals surface area contributed by atoms with Crippen LogP contribution in [0.15, 0.2) is 18.2 Å². The Labute approximate surface area is 75.6 Å². The fourth-order valence-electron chi connectivity index (χ4n) is 1.32. The maximum absolute atomic E-state index is 2.28. The lowest BCUT2D eigenvalue weighted by molar-refractivity contribution is 0.954. The van der Waals surface area contributed by atoms with Crippen molar-refractivity contribution in [1.82, 2.24) is 0 Å². The molecular weight excluding hydrogens is 144 g/mol. The van der Waals surface area contributed by atoms with Crippen LogP contribution in [0, 0.1) is 19.8 Å². The molecule has 0 heterocycles. The summed E-state index contributed by atoms with van der Waals surface area (Å²) in [6, 6.07) is 6.70. The third-order valence-electron chi connectivity index (χ3n) is 2.13. The van der Waals surface area contributed by atoms with E-state index in [1.165, 1.54) is 22.6 Å². The van der Waals surface area contributed by atoms with Gasteiger partial charge in [-0.3, -0.25) is 0 Å². The van der Waals surface area contributed by atoms with Crippen molar-refractivity contribution in [2.24, 2.45) is 0 Å². The summed E-state index contributed by atoms with van der Waals surface area (Å²) in [6.45, 7) is 8.68. The van der Waals surface area contributed by atoms with E-state index in [-0.39, 0.29) is 0 Å². The molecule has 0 amide bonds. The van der Waals surface area contributed by atoms with E-state index in [0.717, 1.165) is 6.42 Å². The molecule has 0 N–H and O–H groups in total. The normalized spacial score (nSPS) is 10.8. The zero-order valence-corrected chi connectivity index (χ0v) is 8.44. The Morgan fingerprint density at radius 2 is 1.75 bits per heavy atom. The van der Waals surface area contributed by atoms with Crippen LogP contribution in [-0.2, 0) is 6.42 Å². The van der Waals surface area contributed by atoms with Crippen molar-refractivity contribution in [2.45, 2.75) is 34.1 Å². The molecule has 0 aliphatic rings. The molecule has 0 aliphatic heterocycles. The summed E-state index contributed by atoms with van der Waals surface area (Å²) in [5.74, 6) is 1.47. The zero-order chi connectivity index (χ0) is 9.14. The Morgan fingerprint density at radius 3 is 2.25 bits per heavy atom. The largest absolute Gasteiger partial charge is 0.315 e. The van der Waals surface area contributed by atoms with Gasteiger partial charge in [-0.05, 0) is 25.0 Å². The second kappa shape index (κ2) is 3.75. The second-order valence-electron chi connectivity index (χ2n) is 3.80. The lowest BCUT2D eigenvalue weighted by Crippen LogP contribution is -1.93. The van der Waals surface area contributed by atoms with Gasteiger partial charge in [-0.1, -0.05) is 23.8 Å². The van der Waals surface area contributed by atoms with Gasteiger partial charge in [0.05, 0.1) is 0 Å². The maximum Gasteiger partial charge on any atom is -0.0395 e. The highest BCUT2D eigenvalue weighted by Gasteiger charge is 1.93. The highest BCUT2D eigenvalue weighted by Crippen LogP contribution is 2.13. The third-order valence-corrected chi connectivity index (χ3v) is 2.13. The molecule has 66 valence electrons. The second-order valence-corrected chi connectivity index (χ2v) is 3.80. The van der Waals surface area contributed by atoms with E-state index in [4.69, 9.17) is 0 Å². The molecule has 0 bridgehead atoms. The molecule has 0 spiro atoms. The first kappa shape index (κ1) is 9.31. The van der Waals surface area contributed by atoms with E-state index >= 15 is 0 Å². The van der Waals surface area contributed by atoms with Gasteiger partial charge < -0.3 is 5.92 Å². The highest BCUT2D eigenvalue weighted by atomic mass is 14.0. The Bertz CT molecular complexity index is 259. The van der Waals surface area contributed by atoms with Crippen LogP contribution in [0.4, 0.5) is 0 Å². The summed E-state index contributed by atoms with van der Waals surface area (Å²) < 4.78 is 0. The molecule has 0 saturated heterocycles. The lowest BCUT2D eigenvalue weighted by Gasteiger charge is -2.17. The van der Waals surface area contributed by atoms with Gasteiger partial charge in [-0.15, -0.1) is 0 Å². The summed E-state index contributed by atoms with van der Waals surface area (Å²) >= 11 is 0. The van der Waals surface area contributed by atoms with Crippen LogP contribution in [-0.4, -0.2) is 0 Å². The summed E-state index contributed by atoms with van der Waals surface area (Å²) in [5.41, 5.74) is 4.21. The van der Waals surface area contributed by atoms with Gasteiger partial charge in [0, 0.05) is 0 Å². The molecule has 12 heavy (non-hydrogen) atoms. The lowest BCUT2D eigenvalue weighted by atomic mass is 9.99. The first-order chi connectivity index (χ1) is 5.59. The Balaban J connectivity index is 2.82. The van der Waals surface area contributed by atoms with E-state index in [0.29, 0.717) is 0 Å². The zero-order valence-electron chi connectivity index (χ0n) is 8.44. The van der Waals surface area contributed by atoms with Crippen molar-refractivity contribution in [3.05, 3.63) is 40.8 Å². The fraction of sp³-hybridized carbons (Fsp3) is 0.417. The minimum absolute atomic E-state index is 1.11. The first-order valence-corrected chi connectivity index (χ1v) is 4.45. The molecule has 0 aliphatic carbocycles. The average molecular weight is 161 g/mol. The molecule has 1 aromatic carbocycles. The van der Waals surface area contributed by atoms with Crippen LogP contribution >= 0.6 is 0 Å². The summed E-state index contributed by atoms with van der Waals surface area (Å²) in [7, 11) is 0. The highest BCUT2D eigenvalue weighted by molar-refractivity contribution is 5.31. The molecule has 0 unspecified atom stereocenters. The molecule has 0 nitrogen and oxygen atoms in total. The molecule has 1 rings (SSSR count). The van der Waals surface area contributed by atoms with Crippen LogP contribution in [0.2, 0.25) is 0 Å². The van der Waals surface area contributed by atoms with Crippen molar-refractivity contribution in [3.8, 4) is 0 Å². The van der Waals surface area contributed by atoms with Crippen LogP contribution in [0.25, 0.3) is 0 Å². The predicted molar refractivity (Wildman–Crippen MR) is 54.2 cm³/mol. The minimum atomic E-state index is 1.11. The minimum Gasteiger partial charge on any atom is -0.315 e. The van der Waals surface area contributed by atoms with E-state index in [9.17, 15) is 0 Å². The quantitative estimate of drug-likeness (QED) is 0.583. The molecule has 0 aromatic heterocycles. The van der Waals surface area contributed by atoms with Gasteiger partial charge in [-0.25, -0.2) is 0 Å². The number of rotatable bonds is 2. The van der Waals surface area contributed by atoms with Gasteiger partial charge in [0.2, 0.25) is 0 Å². The van der Waals surface area contributed by atoms with Gasteiger partial charge >= 0.3 is 0 Å². The van der Waals surface area contributed by atoms with Gasteiger partial charge in [-0.2, -0.15) is 20.3 Å². The van der Waals surface area contributed by atoms with E-state index in [1.807, 2.05) is 0 Å². The van der Waals surface area contributed by atoms with Crippen molar-refractivity contribution < 1.29 is 0 Å². The maximum atomic E-state index is 2.28. The number of benzene rings is 1. The summed E-state index contributed by atoms with van der Waals surface area (Å²) in [4.78, 5) is 0. The number of aryl methyl sites for hydroxylation is 2. The summed E-state index contributed by atoms with van der Waals surface area (Å²) in [5, 5.41) is 0. The third kappa shape index (κ3) is 2.37. The molecule has 0 fully saturated rings. The topological polar surface area (TPSA) is 0 Å². The van der Waals surface area contributed by atoms with Gasteiger partial charge in [0.25, 0.3) is 0 Å². The molecular formula is C12H17-. The Morgan fingerprint density at radius 1 is 1.08 bits per heavy atom. The van der Waals surface area contributed by atoms with Crippen molar-refractivity contribution >= 4 is 0 Å². The SMILES string of the molecule is Cc1ccc(C[C-](C)C)cc1C. The first-order valence-electron chi connectivity index (χ1n) is 4.45. The smallest absolute Gasteiger partial charge is 0.0395 e. The Kier molecular flexibility index (Phi) is 2.91. The van der Waals surface area contributed by atoms with E-state index in [2.05, 4.69) is 45.9 Å². The van der Waals surface area contributed by atoms with Crippen LogP contribution < -0.4 is 0 Å². The molecule has 0 radical (unpaired) electrons. The van der Waals surface area contributed by atoms with Crippen molar-refractivity contribution in [2.75, 3.05) is 0 Å². The van der Waals surface area contributed by atoms with E-state index in [1.54, 1.807) is 0 Å². The summed E-state index contributed by atoms with van der Waals surface area (Å²) in [6.07, 6.45) is 1.11. The average Bonchev–Trinajstić information content (AvgIpc) is 1.96. The monoisotopic (exact) mass is 161 g/mol. The Hall–Kier alpha value is -0.780. The number of hydrogen-bond acceptors (Lipinski definition) is 0. The predicted octanol–water partition coefficient (Wildman–Crippen LogP) is 3.46. The van der Waals surface area contributed by atoms with Crippen LogP contribution in [0.1, 0.15) is 30.5 Å². The molecule has 0 saturated carbocycles. The molecule has 0 heteroatoms. The van der Waals surface area contributed by atoms with Crippen molar-refractivity contribution in [3.63, 3.8) is 0 Å². The van der Waals surface area contributed by atoms with Crippen molar-refractivity contribution in [1.29, 1.82) is 0 Å². The fourth-order valence-corrected chi connectivity index (χ4v) is 1.32.